The number of nitrogens with one attached hydrogen (secondary N) is 1. The lowest BCUT2D eigenvalue weighted by molar-refractivity contribution is 0.151. The third-order valence-electron chi connectivity index (χ3n) is 5.69. The number of hydrogen-bond donors (Lipinski definition) is 1. The van der Waals surface area contributed by atoms with E-state index in [0.717, 1.165) is 30.3 Å². The van der Waals surface area contributed by atoms with Crippen LogP contribution in [0.5, 0.6) is 0 Å². The lowest BCUT2D eigenvalue weighted by atomic mass is 9.71. The Morgan fingerprint density at radius 2 is 1.47 bits per heavy atom. The molecule has 2 rings (SSSR count). The maximum absolute atomic E-state index is 3.87. The van der Waals surface area contributed by atoms with Crippen LogP contribution in [0.1, 0.15) is 84.5 Å². The van der Waals surface area contributed by atoms with Crippen molar-refractivity contribution in [1.29, 1.82) is 0 Å². The Labute approximate surface area is 120 Å². The molecule has 0 aromatic rings. The van der Waals surface area contributed by atoms with Gasteiger partial charge in [-0.25, -0.2) is 0 Å². The highest BCUT2D eigenvalue weighted by atomic mass is 14.9. The zero-order valence-corrected chi connectivity index (χ0v) is 13.3. The highest BCUT2D eigenvalue weighted by Crippen LogP contribution is 2.38. The minimum atomic E-state index is 0.841. The van der Waals surface area contributed by atoms with Gasteiger partial charge in [0.2, 0.25) is 0 Å². The van der Waals surface area contributed by atoms with Crippen molar-refractivity contribution in [3.63, 3.8) is 0 Å². The lowest BCUT2D eigenvalue weighted by Gasteiger charge is -2.40. The molecule has 0 aromatic carbocycles. The molecule has 2 fully saturated rings. The van der Waals surface area contributed by atoms with Gasteiger partial charge in [0.15, 0.2) is 0 Å². The monoisotopic (exact) mass is 265 g/mol. The molecule has 2 aliphatic carbocycles. The van der Waals surface area contributed by atoms with Crippen LogP contribution >= 0.6 is 0 Å². The van der Waals surface area contributed by atoms with E-state index in [2.05, 4.69) is 19.2 Å². The van der Waals surface area contributed by atoms with Crippen LogP contribution in [0.4, 0.5) is 0 Å². The van der Waals surface area contributed by atoms with Gasteiger partial charge < -0.3 is 5.32 Å². The molecule has 1 atom stereocenters. The van der Waals surface area contributed by atoms with E-state index in [1.807, 2.05) is 0 Å². The van der Waals surface area contributed by atoms with Crippen molar-refractivity contribution in [3.8, 4) is 0 Å². The molecule has 0 aliphatic heterocycles. The summed E-state index contributed by atoms with van der Waals surface area (Å²) in [5, 5.41) is 3.87. The van der Waals surface area contributed by atoms with Crippen LogP contribution in [0.2, 0.25) is 0 Å². The van der Waals surface area contributed by atoms with Gasteiger partial charge in [0.25, 0.3) is 0 Å². The SMILES string of the molecule is CCCC1CCC(C(NCC)C2CCCCC2)CC1. The summed E-state index contributed by atoms with van der Waals surface area (Å²) in [5.41, 5.74) is 0. The second-order valence-electron chi connectivity index (χ2n) is 7.05. The van der Waals surface area contributed by atoms with E-state index >= 15 is 0 Å². The molecule has 1 unspecified atom stereocenters. The maximum atomic E-state index is 3.87. The van der Waals surface area contributed by atoms with Gasteiger partial charge in [0, 0.05) is 6.04 Å². The van der Waals surface area contributed by atoms with Crippen LogP contribution in [-0.2, 0) is 0 Å². The molecule has 0 bridgehead atoms. The summed E-state index contributed by atoms with van der Waals surface area (Å²) in [4.78, 5) is 0. The summed E-state index contributed by atoms with van der Waals surface area (Å²) in [5.74, 6) is 3.02. The fourth-order valence-corrected chi connectivity index (χ4v) is 4.69. The molecule has 19 heavy (non-hydrogen) atoms. The predicted molar refractivity (Wildman–Crippen MR) is 84.4 cm³/mol. The Kier molecular flexibility index (Phi) is 6.70. The Bertz CT molecular complexity index is 224. The van der Waals surface area contributed by atoms with E-state index in [1.54, 1.807) is 0 Å². The molecular weight excluding hydrogens is 230 g/mol. The summed E-state index contributed by atoms with van der Waals surface area (Å²) >= 11 is 0. The van der Waals surface area contributed by atoms with Crippen molar-refractivity contribution in [3.05, 3.63) is 0 Å². The van der Waals surface area contributed by atoms with E-state index in [-0.39, 0.29) is 0 Å². The molecule has 1 heteroatoms. The number of rotatable bonds is 6. The maximum Gasteiger partial charge on any atom is 0.0123 e. The van der Waals surface area contributed by atoms with Gasteiger partial charge >= 0.3 is 0 Å². The van der Waals surface area contributed by atoms with E-state index in [4.69, 9.17) is 0 Å². The lowest BCUT2D eigenvalue weighted by Crippen LogP contribution is -2.44. The molecule has 0 aromatic heterocycles. The fourth-order valence-electron chi connectivity index (χ4n) is 4.69. The Balaban J connectivity index is 1.85. The molecule has 0 heterocycles. The topological polar surface area (TPSA) is 12.0 Å². The quantitative estimate of drug-likeness (QED) is 0.700. The van der Waals surface area contributed by atoms with Crippen LogP contribution in [0, 0.1) is 17.8 Å². The molecule has 0 amide bonds. The van der Waals surface area contributed by atoms with Crippen LogP contribution in [0.3, 0.4) is 0 Å². The Morgan fingerprint density at radius 3 is 2.05 bits per heavy atom. The predicted octanol–water partition coefficient (Wildman–Crippen LogP) is 5.15. The first-order chi connectivity index (χ1) is 9.35. The van der Waals surface area contributed by atoms with Crippen LogP contribution in [0.25, 0.3) is 0 Å². The largest absolute Gasteiger partial charge is 0.314 e. The normalized spacial score (nSPS) is 31.3. The van der Waals surface area contributed by atoms with E-state index in [9.17, 15) is 0 Å². The molecule has 112 valence electrons. The second kappa shape index (κ2) is 8.29. The van der Waals surface area contributed by atoms with Crippen LogP contribution in [-0.4, -0.2) is 12.6 Å². The average molecular weight is 265 g/mol. The molecule has 0 radical (unpaired) electrons. The molecule has 0 saturated heterocycles. The first kappa shape index (κ1) is 15.4. The standard InChI is InChI=1S/C18H35N/c1-3-8-15-11-13-17(14-12-15)18(19-4-2)16-9-6-5-7-10-16/h15-19H,3-14H2,1-2H3. The van der Waals surface area contributed by atoms with Gasteiger partial charge in [-0.05, 0) is 50.0 Å². The number of hydrogen-bond acceptors (Lipinski definition) is 1. The van der Waals surface area contributed by atoms with Crippen molar-refractivity contribution >= 4 is 0 Å². The summed E-state index contributed by atoms with van der Waals surface area (Å²) < 4.78 is 0. The highest BCUT2D eigenvalue weighted by Gasteiger charge is 2.32. The molecule has 0 spiro atoms. The minimum Gasteiger partial charge on any atom is -0.314 e. The Morgan fingerprint density at radius 1 is 0.842 bits per heavy atom. The molecular formula is C18H35N. The van der Waals surface area contributed by atoms with Gasteiger partial charge in [-0.1, -0.05) is 58.8 Å². The van der Waals surface area contributed by atoms with Gasteiger partial charge in [-0.2, -0.15) is 0 Å². The Hall–Kier alpha value is -0.0400. The zero-order chi connectivity index (χ0) is 13.5. The van der Waals surface area contributed by atoms with E-state index < -0.39 is 0 Å². The third kappa shape index (κ3) is 4.48. The molecule has 2 saturated carbocycles. The van der Waals surface area contributed by atoms with Gasteiger partial charge in [0.1, 0.15) is 0 Å². The summed E-state index contributed by atoms with van der Waals surface area (Å²) in [6.45, 7) is 5.80. The molecule has 2 aliphatic rings. The van der Waals surface area contributed by atoms with Crippen LogP contribution in [0.15, 0.2) is 0 Å². The summed E-state index contributed by atoms with van der Waals surface area (Å²) in [7, 11) is 0. The summed E-state index contributed by atoms with van der Waals surface area (Å²) in [6, 6.07) is 0.841. The third-order valence-corrected chi connectivity index (χ3v) is 5.69. The zero-order valence-electron chi connectivity index (χ0n) is 13.3. The highest BCUT2D eigenvalue weighted by molar-refractivity contribution is 4.87. The smallest absolute Gasteiger partial charge is 0.0123 e. The van der Waals surface area contributed by atoms with Gasteiger partial charge in [-0.15, -0.1) is 0 Å². The fraction of sp³-hybridized carbons (Fsp3) is 1.00. The van der Waals surface area contributed by atoms with E-state index in [1.165, 1.54) is 70.6 Å². The second-order valence-corrected chi connectivity index (χ2v) is 7.05. The van der Waals surface area contributed by atoms with Crippen molar-refractivity contribution in [2.45, 2.75) is 90.5 Å². The molecule has 1 N–H and O–H groups in total. The van der Waals surface area contributed by atoms with E-state index in [0.29, 0.717) is 0 Å². The first-order valence-electron chi connectivity index (χ1n) is 9.08. The molecule has 1 nitrogen and oxygen atoms in total. The van der Waals surface area contributed by atoms with Gasteiger partial charge in [-0.3, -0.25) is 0 Å². The first-order valence-corrected chi connectivity index (χ1v) is 9.08. The van der Waals surface area contributed by atoms with Crippen molar-refractivity contribution in [1.82, 2.24) is 5.32 Å². The van der Waals surface area contributed by atoms with Crippen LogP contribution < -0.4 is 5.32 Å². The van der Waals surface area contributed by atoms with Crippen molar-refractivity contribution in [2.75, 3.05) is 6.54 Å². The minimum absolute atomic E-state index is 0.841. The average Bonchev–Trinajstić information content (AvgIpc) is 2.47. The van der Waals surface area contributed by atoms with Crippen molar-refractivity contribution < 1.29 is 0 Å². The van der Waals surface area contributed by atoms with Gasteiger partial charge in [0.05, 0.1) is 0 Å². The van der Waals surface area contributed by atoms with Crippen molar-refractivity contribution in [2.24, 2.45) is 17.8 Å². The summed E-state index contributed by atoms with van der Waals surface area (Å²) in [6.07, 6.45) is 16.3.